The molecule has 1 aliphatic rings. The lowest BCUT2D eigenvalue weighted by Crippen LogP contribution is -2.64. The van der Waals surface area contributed by atoms with Crippen LogP contribution < -0.4 is 21.7 Å². The normalized spacial score (nSPS) is 14.5. The van der Waals surface area contributed by atoms with Gasteiger partial charge in [-0.25, -0.2) is 0 Å². The van der Waals surface area contributed by atoms with Gasteiger partial charge in [-0.05, 0) is 91.1 Å². The lowest BCUT2D eigenvalue weighted by atomic mass is 9.84. The first-order chi connectivity index (χ1) is 19.9. The van der Waals surface area contributed by atoms with Crippen LogP contribution in [0.25, 0.3) is 0 Å². The Kier molecular flexibility index (Phi) is 27.3. The number of nitrogens with two attached hydrogens (primary N) is 1. The number of hydrogen-bond acceptors (Lipinski definition) is 5. The van der Waals surface area contributed by atoms with E-state index in [2.05, 4.69) is 42.6 Å². The van der Waals surface area contributed by atoms with Gasteiger partial charge in [0.05, 0.1) is 5.70 Å². The van der Waals surface area contributed by atoms with Crippen molar-refractivity contribution in [2.45, 2.75) is 100 Å². The zero-order valence-corrected chi connectivity index (χ0v) is 28.6. The van der Waals surface area contributed by atoms with E-state index in [0.29, 0.717) is 50.4 Å². The van der Waals surface area contributed by atoms with Gasteiger partial charge in [0.1, 0.15) is 5.54 Å². The molecule has 7 nitrogen and oxygen atoms in total. The summed E-state index contributed by atoms with van der Waals surface area (Å²) < 4.78 is 0. The molecule has 0 unspecified atom stereocenters. The van der Waals surface area contributed by atoms with E-state index in [1.807, 2.05) is 91.8 Å². The molecule has 1 rings (SSSR count). The fraction of sp³-hybridized carbons (Fsp3) is 0.543. The number of hydrogen-bond donors (Lipinski definition) is 4. The Morgan fingerprint density at radius 2 is 1.52 bits per heavy atom. The van der Waals surface area contributed by atoms with Crippen LogP contribution in [0.5, 0.6) is 0 Å². The second-order valence-electron chi connectivity index (χ2n) is 10.00. The number of allylic oxidation sites excluding steroid dienone is 7. The SMILES string of the molecule is C=C(/C=C\C(=C/C)NC(=O)C1(N(CCC)C(C)=O)CCNCC1)CNC(/C=C\C)=C(/C)N.C=C(C)C.C=CCC.CC. The molecule has 1 heterocycles. The first-order valence-corrected chi connectivity index (χ1v) is 15.2. The van der Waals surface area contributed by atoms with Gasteiger partial charge in [-0.15, -0.1) is 13.2 Å². The maximum atomic E-state index is 13.4. The summed E-state index contributed by atoms with van der Waals surface area (Å²) in [6.07, 6.45) is 14.3. The number of amides is 2. The molecule has 0 saturated carbocycles. The lowest BCUT2D eigenvalue weighted by molar-refractivity contribution is -0.148. The maximum absolute atomic E-state index is 13.4. The quantitative estimate of drug-likeness (QED) is 0.145. The Bertz CT molecular complexity index is 927. The molecule has 2 amide bonds. The molecule has 0 aromatic rings. The minimum atomic E-state index is -0.835. The molecule has 0 aliphatic carbocycles. The highest BCUT2D eigenvalue weighted by Gasteiger charge is 2.45. The van der Waals surface area contributed by atoms with Crippen molar-refractivity contribution < 1.29 is 9.59 Å². The number of rotatable bonds is 12. The average molecular weight is 586 g/mol. The summed E-state index contributed by atoms with van der Waals surface area (Å²) in [4.78, 5) is 27.6. The van der Waals surface area contributed by atoms with E-state index in [1.165, 1.54) is 5.57 Å². The van der Waals surface area contributed by atoms with Crippen molar-refractivity contribution in [2.24, 2.45) is 5.73 Å². The summed E-state index contributed by atoms with van der Waals surface area (Å²) in [7, 11) is 0. The molecule has 0 atom stereocenters. The largest absolute Gasteiger partial charge is 0.401 e. The molecular formula is C35H63N5O2. The van der Waals surface area contributed by atoms with Crippen LogP contribution in [-0.2, 0) is 9.59 Å². The monoisotopic (exact) mass is 585 g/mol. The van der Waals surface area contributed by atoms with E-state index in [1.54, 1.807) is 11.8 Å². The first kappa shape index (κ1) is 43.1. The second kappa shape index (κ2) is 26.6. The number of carbonyl (C=O) groups excluding carboxylic acids is 2. The number of carbonyl (C=O) groups is 2. The molecule has 0 bridgehead atoms. The average Bonchev–Trinajstić information content (AvgIpc) is 2.96. The van der Waals surface area contributed by atoms with Crippen LogP contribution in [0.15, 0.2) is 84.4 Å². The molecule has 240 valence electrons. The predicted molar refractivity (Wildman–Crippen MR) is 185 cm³/mol. The fourth-order valence-corrected chi connectivity index (χ4v) is 3.79. The lowest BCUT2D eigenvalue weighted by Gasteiger charge is -2.45. The van der Waals surface area contributed by atoms with E-state index in [9.17, 15) is 9.59 Å². The molecule has 42 heavy (non-hydrogen) atoms. The number of nitrogens with zero attached hydrogens (tertiary/aromatic N) is 1. The molecule has 0 radical (unpaired) electrons. The van der Waals surface area contributed by atoms with Gasteiger partial charge in [-0.1, -0.05) is 64.2 Å². The molecule has 0 aromatic heterocycles. The van der Waals surface area contributed by atoms with Crippen molar-refractivity contribution in [3.8, 4) is 0 Å². The third kappa shape index (κ3) is 18.9. The Morgan fingerprint density at radius 3 is 1.90 bits per heavy atom. The molecule has 5 N–H and O–H groups in total. The van der Waals surface area contributed by atoms with Gasteiger partial charge < -0.3 is 26.6 Å². The fourth-order valence-electron chi connectivity index (χ4n) is 3.79. The number of piperidine rings is 1. The highest BCUT2D eigenvalue weighted by molar-refractivity contribution is 5.92. The third-order valence-corrected chi connectivity index (χ3v) is 5.82. The predicted octanol–water partition coefficient (Wildman–Crippen LogP) is 7.05. The van der Waals surface area contributed by atoms with Crippen molar-refractivity contribution in [2.75, 3.05) is 26.2 Å². The van der Waals surface area contributed by atoms with Crippen LogP contribution in [0.1, 0.15) is 94.9 Å². The topological polar surface area (TPSA) is 99.5 Å². The van der Waals surface area contributed by atoms with E-state index in [-0.39, 0.29) is 11.8 Å². The summed E-state index contributed by atoms with van der Waals surface area (Å²) in [5.74, 6) is -0.206. The van der Waals surface area contributed by atoms with Gasteiger partial charge >= 0.3 is 0 Å². The highest BCUT2D eigenvalue weighted by Crippen LogP contribution is 2.28. The molecule has 1 fully saturated rings. The van der Waals surface area contributed by atoms with Crippen LogP contribution in [0.3, 0.4) is 0 Å². The van der Waals surface area contributed by atoms with Crippen LogP contribution in [-0.4, -0.2) is 48.4 Å². The van der Waals surface area contributed by atoms with Gasteiger partial charge in [0.2, 0.25) is 11.8 Å². The third-order valence-electron chi connectivity index (χ3n) is 5.82. The van der Waals surface area contributed by atoms with Crippen LogP contribution in [0, 0.1) is 0 Å². The van der Waals surface area contributed by atoms with E-state index in [4.69, 9.17) is 5.73 Å². The molecule has 7 heteroatoms. The summed E-state index contributed by atoms with van der Waals surface area (Å²) >= 11 is 0. The van der Waals surface area contributed by atoms with Crippen molar-refractivity contribution in [1.82, 2.24) is 20.9 Å². The molecular weight excluding hydrogens is 522 g/mol. The molecule has 0 aromatic carbocycles. The van der Waals surface area contributed by atoms with E-state index >= 15 is 0 Å². The van der Waals surface area contributed by atoms with Gasteiger partial charge in [0.25, 0.3) is 0 Å². The van der Waals surface area contributed by atoms with Crippen LogP contribution in [0.2, 0.25) is 0 Å². The van der Waals surface area contributed by atoms with E-state index < -0.39 is 5.54 Å². The van der Waals surface area contributed by atoms with Crippen molar-refractivity contribution in [3.63, 3.8) is 0 Å². The Hall–Kier alpha value is -3.32. The highest BCUT2D eigenvalue weighted by atomic mass is 16.2. The molecule has 1 aliphatic heterocycles. The first-order valence-electron chi connectivity index (χ1n) is 15.2. The maximum Gasteiger partial charge on any atom is 0.250 e. The van der Waals surface area contributed by atoms with Gasteiger partial charge in [0.15, 0.2) is 0 Å². The smallest absolute Gasteiger partial charge is 0.250 e. The summed E-state index contributed by atoms with van der Waals surface area (Å²) in [5, 5.41) is 9.60. The summed E-state index contributed by atoms with van der Waals surface area (Å²) in [6, 6.07) is 0. The zero-order valence-electron chi connectivity index (χ0n) is 28.6. The van der Waals surface area contributed by atoms with Gasteiger partial charge in [0, 0.05) is 31.4 Å². The minimum absolute atomic E-state index is 0.0684. The van der Waals surface area contributed by atoms with Gasteiger partial charge in [-0.2, -0.15) is 0 Å². The minimum Gasteiger partial charge on any atom is -0.401 e. The molecule has 1 saturated heterocycles. The van der Waals surface area contributed by atoms with E-state index in [0.717, 1.165) is 24.1 Å². The van der Waals surface area contributed by atoms with Crippen molar-refractivity contribution >= 4 is 11.8 Å². The van der Waals surface area contributed by atoms with Crippen molar-refractivity contribution in [3.05, 3.63) is 84.4 Å². The zero-order chi connectivity index (χ0) is 33.1. The Morgan fingerprint density at radius 1 is 1.00 bits per heavy atom. The van der Waals surface area contributed by atoms with Gasteiger partial charge in [-0.3, -0.25) is 9.59 Å². The standard InChI is InChI=1S/C25H41N5O2.2C4H8.C2H6/c1-7-10-23(20(5)26)28-18-19(4)11-12-22(9-3)29-24(32)25(13-15-27-16-14-25)30(17-8-2)21(6)31;1-4(2)3;1-3-4-2;1-2/h7,9-12,27-28H,4,8,13-18,26H2,1-3,5-6H3,(H,29,32);1H2,2-3H3;3H,1,4H2,2H3;1-2H3/b10-7-,12-11-,22-9+,23-20-;;;. The molecule has 0 spiro atoms. The van der Waals surface area contributed by atoms with Crippen molar-refractivity contribution in [1.29, 1.82) is 0 Å². The Balaban J connectivity index is -0.00000132. The second-order valence-corrected chi connectivity index (χ2v) is 10.00. The number of nitrogens with one attached hydrogen (secondary N) is 3. The summed E-state index contributed by atoms with van der Waals surface area (Å²) in [5.41, 5.74) is 9.30. The van der Waals surface area contributed by atoms with Crippen LogP contribution in [0.4, 0.5) is 0 Å². The van der Waals surface area contributed by atoms with Crippen LogP contribution >= 0.6 is 0 Å². The summed E-state index contributed by atoms with van der Waals surface area (Å²) in [6.45, 7) is 32.8. The Labute approximate surface area is 258 Å².